The summed E-state index contributed by atoms with van der Waals surface area (Å²) >= 11 is 0. The van der Waals surface area contributed by atoms with E-state index in [2.05, 4.69) is 41.0 Å². The van der Waals surface area contributed by atoms with Crippen molar-refractivity contribution in [2.75, 3.05) is 7.05 Å². The Kier molecular flexibility index (Phi) is 2.59. The minimum Gasteiger partial charge on any atom is -0.460 e. The van der Waals surface area contributed by atoms with Gasteiger partial charge in [-0.2, -0.15) is 0 Å². The predicted molar refractivity (Wildman–Crippen MR) is 72.7 cm³/mol. The third-order valence-corrected chi connectivity index (χ3v) is 3.21. The highest BCUT2D eigenvalue weighted by molar-refractivity contribution is 5.66. The molecule has 3 nitrogen and oxygen atoms in total. The Bertz CT molecular complexity index is 587. The summed E-state index contributed by atoms with van der Waals surface area (Å²) < 4.78 is 5.64. The van der Waals surface area contributed by atoms with Crippen LogP contribution in [-0.4, -0.2) is 13.1 Å². The molecule has 1 aliphatic heterocycles. The van der Waals surface area contributed by atoms with Gasteiger partial charge in [-0.05, 0) is 42.9 Å². The monoisotopic (exact) mass is 240 g/mol. The Morgan fingerprint density at radius 2 is 2.11 bits per heavy atom. The number of nitrogens with one attached hydrogen (secondary N) is 2. The summed E-state index contributed by atoms with van der Waals surface area (Å²) in [5.41, 5.74) is 3.42. The van der Waals surface area contributed by atoms with Crippen molar-refractivity contribution < 1.29 is 4.42 Å². The molecule has 2 heterocycles. The lowest BCUT2D eigenvalue weighted by molar-refractivity contribution is 0.515. The van der Waals surface area contributed by atoms with E-state index in [4.69, 9.17) is 4.42 Å². The van der Waals surface area contributed by atoms with Gasteiger partial charge in [-0.1, -0.05) is 12.2 Å². The standard InChI is InChI=1S/C15H16N2O/c1-10-3-8-15(18-10)13-7-5-11-4-6-12(16-2)9-14(11)17-13/h3-9,14,16-17H,1-2H3. The van der Waals surface area contributed by atoms with Gasteiger partial charge in [0.15, 0.2) is 0 Å². The summed E-state index contributed by atoms with van der Waals surface area (Å²) in [5, 5.41) is 6.64. The van der Waals surface area contributed by atoms with Gasteiger partial charge in [-0.15, -0.1) is 0 Å². The van der Waals surface area contributed by atoms with E-state index >= 15 is 0 Å². The Morgan fingerprint density at radius 1 is 1.22 bits per heavy atom. The highest BCUT2D eigenvalue weighted by Crippen LogP contribution is 2.25. The second-order valence-corrected chi connectivity index (χ2v) is 4.48. The lowest BCUT2D eigenvalue weighted by Gasteiger charge is -2.26. The topological polar surface area (TPSA) is 37.2 Å². The first-order valence-electron chi connectivity index (χ1n) is 6.09. The van der Waals surface area contributed by atoms with Crippen LogP contribution in [0.2, 0.25) is 0 Å². The zero-order chi connectivity index (χ0) is 12.5. The van der Waals surface area contributed by atoms with E-state index in [0.29, 0.717) is 0 Å². The number of fused-ring (bicyclic) bond motifs is 1. The number of furan rings is 1. The first kappa shape index (κ1) is 11.0. The fourth-order valence-electron chi connectivity index (χ4n) is 2.20. The van der Waals surface area contributed by atoms with Crippen molar-refractivity contribution in [1.29, 1.82) is 0 Å². The molecule has 1 atom stereocenters. The minimum absolute atomic E-state index is 0.211. The quantitative estimate of drug-likeness (QED) is 0.834. The molecule has 18 heavy (non-hydrogen) atoms. The first-order valence-corrected chi connectivity index (χ1v) is 6.09. The van der Waals surface area contributed by atoms with Gasteiger partial charge < -0.3 is 15.1 Å². The molecule has 0 spiro atoms. The maximum absolute atomic E-state index is 5.64. The van der Waals surface area contributed by atoms with E-state index in [0.717, 1.165) is 22.9 Å². The average Bonchev–Trinajstić information content (AvgIpc) is 2.84. The lowest BCUT2D eigenvalue weighted by atomic mass is 9.96. The molecular formula is C15H16N2O. The molecule has 3 heteroatoms. The van der Waals surface area contributed by atoms with Gasteiger partial charge in [0.25, 0.3) is 0 Å². The molecule has 0 fully saturated rings. The molecule has 2 N–H and O–H groups in total. The average molecular weight is 240 g/mol. The van der Waals surface area contributed by atoms with Crippen LogP contribution in [0.4, 0.5) is 0 Å². The van der Waals surface area contributed by atoms with Crippen LogP contribution >= 0.6 is 0 Å². The smallest absolute Gasteiger partial charge is 0.150 e. The van der Waals surface area contributed by atoms with Gasteiger partial charge in [0.1, 0.15) is 11.5 Å². The highest BCUT2D eigenvalue weighted by Gasteiger charge is 2.19. The molecule has 92 valence electrons. The van der Waals surface area contributed by atoms with Gasteiger partial charge >= 0.3 is 0 Å². The van der Waals surface area contributed by atoms with E-state index in [1.807, 2.05) is 26.1 Å². The van der Waals surface area contributed by atoms with Crippen LogP contribution in [0.15, 0.2) is 58.2 Å². The van der Waals surface area contributed by atoms with E-state index < -0.39 is 0 Å². The summed E-state index contributed by atoms with van der Waals surface area (Å²) in [5.74, 6) is 1.81. The van der Waals surface area contributed by atoms with Crippen molar-refractivity contribution in [2.24, 2.45) is 0 Å². The highest BCUT2D eigenvalue weighted by atomic mass is 16.3. The van der Waals surface area contributed by atoms with Crippen LogP contribution < -0.4 is 10.6 Å². The molecule has 0 radical (unpaired) electrons. The lowest BCUT2D eigenvalue weighted by Crippen LogP contribution is -2.32. The van der Waals surface area contributed by atoms with Gasteiger partial charge in [-0.25, -0.2) is 0 Å². The number of allylic oxidation sites excluding steroid dienone is 3. The second-order valence-electron chi connectivity index (χ2n) is 4.48. The van der Waals surface area contributed by atoms with Gasteiger partial charge in [-0.3, -0.25) is 0 Å². The van der Waals surface area contributed by atoms with Crippen LogP contribution in [0.3, 0.4) is 0 Å². The van der Waals surface area contributed by atoms with Crippen molar-refractivity contribution in [1.82, 2.24) is 10.6 Å². The molecule has 3 rings (SSSR count). The number of dihydropyridines is 1. The van der Waals surface area contributed by atoms with Crippen LogP contribution in [0.5, 0.6) is 0 Å². The van der Waals surface area contributed by atoms with Gasteiger partial charge in [0.2, 0.25) is 0 Å². The molecule has 2 aliphatic rings. The summed E-state index contributed by atoms with van der Waals surface area (Å²) in [6.45, 7) is 1.95. The SMILES string of the molecule is CNC1=CC2NC(c3ccc(C)o3)=CC=C2C=C1. The summed E-state index contributed by atoms with van der Waals surface area (Å²) in [6.07, 6.45) is 10.6. The maximum Gasteiger partial charge on any atom is 0.150 e. The Balaban J connectivity index is 1.90. The van der Waals surface area contributed by atoms with Crippen molar-refractivity contribution in [3.05, 3.63) is 65.3 Å². The molecule has 1 unspecified atom stereocenters. The van der Waals surface area contributed by atoms with E-state index in [1.54, 1.807) is 0 Å². The molecule has 0 saturated carbocycles. The zero-order valence-corrected chi connectivity index (χ0v) is 10.5. The number of likely N-dealkylation sites (N-methyl/N-ethyl adjacent to an activating group) is 1. The van der Waals surface area contributed by atoms with E-state index in [-0.39, 0.29) is 6.04 Å². The van der Waals surface area contributed by atoms with Crippen LogP contribution in [0.1, 0.15) is 11.5 Å². The molecular weight excluding hydrogens is 224 g/mol. The first-order chi connectivity index (χ1) is 8.76. The molecule has 1 aromatic rings. The van der Waals surface area contributed by atoms with Gasteiger partial charge in [0, 0.05) is 12.7 Å². The normalized spacial score (nSPS) is 21.4. The maximum atomic E-state index is 5.64. The van der Waals surface area contributed by atoms with E-state index in [9.17, 15) is 0 Å². The predicted octanol–water partition coefficient (Wildman–Crippen LogP) is 2.50. The third kappa shape index (κ3) is 1.88. The van der Waals surface area contributed by atoms with Gasteiger partial charge in [0.05, 0.1) is 11.7 Å². The molecule has 1 aromatic heterocycles. The fourth-order valence-corrected chi connectivity index (χ4v) is 2.20. The Hall–Kier alpha value is -2.16. The number of hydrogen-bond acceptors (Lipinski definition) is 3. The molecule has 1 aliphatic carbocycles. The zero-order valence-electron chi connectivity index (χ0n) is 10.5. The molecule has 0 bridgehead atoms. The largest absolute Gasteiger partial charge is 0.460 e. The van der Waals surface area contributed by atoms with Crippen molar-refractivity contribution in [3.63, 3.8) is 0 Å². The Morgan fingerprint density at radius 3 is 2.83 bits per heavy atom. The summed E-state index contributed by atoms with van der Waals surface area (Å²) in [6, 6.07) is 4.18. The van der Waals surface area contributed by atoms with Crippen molar-refractivity contribution >= 4 is 5.70 Å². The molecule has 0 aromatic carbocycles. The fraction of sp³-hybridized carbons (Fsp3) is 0.200. The third-order valence-electron chi connectivity index (χ3n) is 3.21. The van der Waals surface area contributed by atoms with Crippen LogP contribution in [0, 0.1) is 6.92 Å². The summed E-state index contributed by atoms with van der Waals surface area (Å²) in [7, 11) is 1.93. The summed E-state index contributed by atoms with van der Waals surface area (Å²) in [4.78, 5) is 0. The minimum atomic E-state index is 0.211. The number of rotatable bonds is 2. The second kappa shape index (κ2) is 4.26. The number of hydrogen-bond donors (Lipinski definition) is 2. The van der Waals surface area contributed by atoms with Crippen LogP contribution in [0.25, 0.3) is 5.70 Å². The number of aryl methyl sites for hydroxylation is 1. The van der Waals surface area contributed by atoms with Crippen molar-refractivity contribution in [3.8, 4) is 0 Å². The molecule has 0 saturated heterocycles. The van der Waals surface area contributed by atoms with Crippen LogP contribution in [-0.2, 0) is 0 Å². The molecule has 0 amide bonds. The Labute approximate surface area is 107 Å². The van der Waals surface area contributed by atoms with Crippen molar-refractivity contribution in [2.45, 2.75) is 13.0 Å². The van der Waals surface area contributed by atoms with E-state index in [1.165, 1.54) is 5.57 Å².